The zero-order chi connectivity index (χ0) is 14.8. The molecule has 0 fully saturated rings. The zero-order valence-electron chi connectivity index (χ0n) is 11.7. The van der Waals surface area contributed by atoms with Crippen LogP contribution in [0.2, 0.25) is 0 Å². The third-order valence-corrected chi connectivity index (χ3v) is 3.72. The number of hydrogen-bond donors (Lipinski definition) is 0. The summed E-state index contributed by atoms with van der Waals surface area (Å²) in [6.07, 6.45) is 2.39. The molecule has 0 amide bonds. The van der Waals surface area contributed by atoms with Gasteiger partial charge in [-0.3, -0.25) is 0 Å². The average molecular weight is 304 g/mol. The molecule has 0 spiro atoms. The van der Waals surface area contributed by atoms with Crippen LogP contribution in [0.3, 0.4) is 0 Å². The Morgan fingerprint density at radius 3 is 2.86 bits per heavy atom. The molecule has 3 rings (SSSR count). The van der Waals surface area contributed by atoms with Gasteiger partial charge in [-0.2, -0.15) is 0 Å². The Balaban J connectivity index is 1.94. The lowest BCUT2D eigenvalue weighted by molar-refractivity contribution is 0.592. The average Bonchev–Trinajstić information content (AvgIpc) is 2.83. The number of rotatable bonds is 4. The summed E-state index contributed by atoms with van der Waals surface area (Å²) < 4.78 is 15.7. The van der Waals surface area contributed by atoms with Crippen LogP contribution in [0.15, 0.2) is 36.5 Å². The van der Waals surface area contributed by atoms with Crippen molar-refractivity contribution in [2.24, 2.45) is 0 Å². The van der Waals surface area contributed by atoms with Crippen molar-refractivity contribution in [1.29, 1.82) is 0 Å². The van der Waals surface area contributed by atoms with Crippen LogP contribution in [0, 0.1) is 12.7 Å². The molecule has 0 atom stereocenters. The molecule has 2 heterocycles. The monoisotopic (exact) mass is 303 g/mol. The van der Waals surface area contributed by atoms with Gasteiger partial charge in [0.1, 0.15) is 17.2 Å². The highest BCUT2D eigenvalue weighted by atomic mass is 35.5. The number of hydrogen-bond acceptors (Lipinski definition) is 2. The van der Waals surface area contributed by atoms with Crippen molar-refractivity contribution >= 4 is 22.8 Å². The number of aryl methyl sites for hydroxylation is 3. The molecule has 0 aliphatic heterocycles. The maximum atomic E-state index is 13.7. The maximum Gasteiger partial charge on any atom is 0.160 e. The molecule has 0 unspecified atom stereocenters. The molecule has 2 aromatic heterocycles. The Hall–Kier alpha value is -1.94. The van der Waals surface area contributed by atoms with Crippen molar-refractivity contribution in [3.8, 4) is 0 Å². The number of pyridine rings is 1. The van der Waals surface area contributed by atoms with Crippen molar-refractivity contribution < 1.29 is 4.39 Å². The normalized spacial score (nSPS) is 11.2. The van der Waals surface area contributed by atoms with Crippen LogP contribution in [-0.4, -0.2) is 14.5 Å². The van der Waals surface area contributed by atoms with Crippen molar-refractivity contribution in [1.82, 2.24) is 14.5 Å². The van der Waals surface area contributed by atoms with Crippen LogP contribution in [0.4, 0.5) is 4.39 Å². The highest BCUT2D eigenvalue weighted by Gasteiger charge is 2.12. The van der Waals surface area contributed by atoms with E-state index in [0.717, 1.165) is 22.6 Å². The first kappa shape index (κ1) is 14.0. The number of aromatic nitrogens is 3. The van der Waals surface area contributed by atoms with E-state index in [-0.39, 0.29) is 5.82 Å². The predicted molar refractivity (Wildman–Crippen MR) is 81.9 cm³/mol. The molecule has 0 aliphatic carbocycles. The summed E-state index contributed by atoms with van der Waals surface area (Å²) in [7, 11) is 0. The van der Waals surface area contributed by atoms with E-state index in [4.69, 9.17) is 11.6 Å². The van der Waals surface area contributed by atoms with E-state index in [0.29, 0.717) is 24.4 Å². The molecular formula is C16H15ClFN3. The molecule has 3 aromatic rings. The van der Waals surface area contributed by atoms with Crippen LogP contribution < -0.4 is 0 Å². The molecule has 0 saturated heterocycles. The van der Waals surface area contributed by atoms with E-state index in [1.807, 2.05) is 29.8 Å². The van der Waals surface area contributed by atoms with Crippen molar-refractivity contribution in [2.75, 3.05) is 0 Å². The van der Waals surface area contributed by atoms with Gasteiger partial charge < -0.3 is 4.57 Å². The minimum Gasteiger partial charge on any atom is -0.311 e. The van der Waals surface area contributed by atoms with Crippen LogP contribution in [0.1, 0.15) is 17.0 Å². The Morgan fingerprint density at radius 2 is 2.10 bits per heavy atom. The van der Waals surface area contributed by atoms with Crippen molar-refractivity contribution in [2.45, 2.75) is 25.8 Å². The Kier molecular flexibility index (Phi) is 3.88. The summed E-state index contributed by atoms with van der Waals surface area (Å²) in [5, 5.41) is 0. The number of alkyl halides is 1. The lowest BCUT2D eigenvalue weighted by atomic mass is 10.1. The number of fused-ring (bicyclic) bond motifs is 1. The maximum absolute atomic E-state index is 13.7. The van der Waals surface area contributed by atoms with Crippen LogP contribution >= 0.6 is 11.6 Å². The minimum absolute atomic E-state index is 0.182. The van der Waals surface area contributed by atoms with Gasteiger partial charge in [-0.1, -0.05) is 18.2 Å². The molecule has 21 heavy (non-hydrogen) atoms. The molecule has 5 heteroatoms. The number of imidazole rings is 1. The van der Waals surface area contributed by atoms with E-state index >= 15 is 0 Å². The lowest BCUT2D eigenvalue weighted by Gasteiger charge is -2.08. The number of nitrogens with zero attached hydrogens (tertiary/aromatic N) is 3. The van der Waals surface area contributed by atoms with E-state index in [2.05, 4.69) is 9.97 Å². The van der Waals surface area contributed by atoms with E-state index in [1.54, 1.807) is 12.1 Å². The van der Waals surface area contributed by atoms with E-state index in [9.17, 15) is 4.39 Å². The zero-order valence-corrected chi connectivity index (χ0v) is 12.4. The van der Waals surface area contributed by atoms with Gasteiger partial charge in [-0.15, -0.1) is 11.6 Å². The fourth-order valence-electron chi connectivity index (χ4n) is 2.43. The van der Waals surface area contributed by atoms with Gasteiger partial charge >= 0.3 is 0 Å². The summed E-state index contributed by atoms with van der Waals surface area (Å²) in [5.74, 6) is 0.895. The van der Waals surface area contributed by atoms with Gasteiger partial charge in [0, 0.05) is 12.7 Å². The Bertz CT molecular complexity index is 782. The molecule has 0 N–H and O–H groups in total. The summed E-state index contributed by atoms with van der Waals surface area (Å²) in [5.41, 5.74) is 3.38. The van der Waals surface area contributed by atoms with Gasteiger partial charge in [0.2, 0.25) is 0 Å². The van der Waals surface area contributed by atoms with Crippen LogP contribution in [-0.2, 0) is 18.8 Å². The third-order valence-electron chi connectivity index (χ3n) is 3.48. The SMILES string of the molecule is Cc1cnc2c(c1)nc(CCl)n2CCc1ccccc1F. The second-order valence-electron chi connectivity index (χ2n) is 5.01. The summed E-state index contributed by atoms with van der Waals surface area (Å²) in [6, 6.07) is 8.80. The fraction of sp³-hybridized carbons (Fsp3) is 0.250. The summed E-state index contributed by atoms with van der Waals surface area (Å²) in [6.45, 7) is 2.58. The first-order valence-electron chi connectivity index (χ1n) is 6.80. The number of halogens is 2. The predicted octanol–water partition coefficient (Wildman–Crippen LogP) is 3.86. The molecule has 0 aliphatic rings. The standard InChI is InChI=1S/C16H15ClFN3/c1-11-8-14-16(19-10-11)21(15(9-17)20-14)7-6-12-4-2-3-5-13(12)18/h2-5,8,10H,6-7,9H2,1H3. The highest BCUT2D eigenvalue weighted by Crippen LogP contribution is 2.18. The van der Waals surface area contributed by atoms with Gasteiger partial charge in [0.15, 0.2) is 5.65 Å². The molecule has 3 nitrogen and oxygen atoms in total. The summed E-state index contributed by atoms with van der Waals surface area (Å²) in [4.78, 5) is 8.93. The van der Waals surface area contributed by atoms with Gasteiger partial charge in [-0.05, 0) is 36.6 Å². The minimum atomic E-state index is -0.182. The van der Waals surface area contributed by atoms with E-state index < -0.39 is 0 Å². The first-order valence-corrected chi connectivity index (χ1v) is 7.33. The molecular weight excluding hydrogens is 289 g/mol. The van der Waals surface area contributed by atoms with Gasteiger partial charge in [0.25, 0.3) is 0 Å². The van der Waals surface area contributed by atoms with E-state index in [1.165, 1.54) is 6.07 Å². The molecule has 0 bridgehead atoms. The first-order chi connectivity index (χ1) is 10.2. The third kappa shape index (κ3) is 2.76. The molecule has 0 saturated carbocycles. The highest BCUT2D eigenvalue weighted by molar-refractivity contribution is 6.16. The molecule has 0 radical (unpaired) electrons. The van der Waals surface area contributed by atoms with Crippen molar-refractivity contribution in [3.63, 3.8) is 0 Å². The topological polar surface area (TPSA) is 30.7 Å². The number of benzene rings is 1. The Morgan fingerprint density at radius 1 is 1.29 bits per heavy atom. The fourth-order valence-corrected chi connectivity index (χ4v) is 2.63. The van der Waals surface area contributed by atoms with Crippen molar-refractivity contribution in [3.05, 3.63) is 59.3 Å². The summed E-state index contributed by atoms with van der Waals surface area (Å²) >= 11 is 5.97. The Labute approximate surface area is 127 Å². The van der Waals surface area contributed by atoms with Gasteiger partial charge in [-0.25, -0.2) is 14.4 Å². The second-order valence-corrected chi connectivity index (χ2v) is 5.28. The quantitative estimate of drug-likeness (QED) is 0.685. The van der Waals surface area contributed by atoms with Crippen LogP contribution in [0.25, 0.3) is 11.2 Å². The molecule has 1 aromatic carbocycles. The lowest BCUT2D eigenvalue weighted by Crippen LogP contribution is -2.06. The van der Waals surface area contributed by atoms with Crippen LogP contribution in [0.5, 0.6) is 0 Å². The second kappa shape index (κ2) is 5.82. The van der Waals surface area contributed by atoms with Gasteiger partial charge in [0.05, 0.1) is 5.88 Å². The smallest absolute Gasteiger partial charge is 0.160 e. The largest absolute Gasteiger partial charge is 0.311 e. The molecule has 108 valence electrons.